The Morgan fingerprint density at radius 2 is 1.76 bits per heavy atom. The number of nitrogens with zero attached hydrogens (tertiary/aromatic N) is 2. The van der Waals surface area contributed by atoms with Crippen LogP contribution in [0.25, 0.3) is 0 Å². The Morgan fingerprint density at radius 1 is 1.16 bits per heavy atom. The van der Waals surface area contributed by atoms with Crippen molar-refractivity contribution in [3.05, 3.63) is 29.6 Å². The van der Waals surface area contributed by atoms with Gasteiger partial charge in [-0.2, -0.15) is 0 Å². The smallest absolute Gasteiger partial charge is 0.240 e. The number of benzene rings is 1. The number of carbonyl (C=O) groups excluding carboxylic acids is 2. The van der Waals surface area contributed by atoms with E-state index in [4.69, 9.17) is 0 Å². The molecule has 0 radical (unpaired) electrons. The van der Waals surface area contributed by atoms with E-state index in [0.29, 0.717) is 31.7 Å². The van der Waals surface area contributed by atoms with Gasteiger partial charge in [-0.15, -0.1) is 0 Å². The fraction of sp³-hybridized carbons (Fsp3) is 0.500. The van der Waals surface area contributed by atoms with Crippen molar-refractivity contribution in [1.82, 2.24) is 14.5 Å². The summed E-state index contributed by atoms with van der Waals surface area (Å²) in [6.07, 6.45) is 0.0273. The molecule has 1 heterocycles. The molecule has 2 rings (SSSR count). The molecule has 1 aliphatic rings. The van der Waals surface area contributed by atoms with Gasteiger partial charge in [-0.1, -0.05) is 0 Å². The number of hydrogen-bond donors (Lipinski definition) is 1. The standard InChI is InChI=1S/C16H22FN3O4S/c1-12-11-14(17)3-4-15(12)25(23,24)18-6-5-16(22)20-9-7-19(8-10-20)13(2)21/h3-4,11,18H,5-10H2,1-2H3. The zero-order valence-corrected chi connectivity index (χ0v) is 15.1. The minimum absolute atomic E-state index is 0.00331. The minimum Gasteiger partial charge on any atom is -0.339 e. The van der Waals surface area contributed by atoms with Gasteiger partial charge in [0.25, 0.3) is 0 Å². The molecule has 1 aromatic carbocycles. The second-order valence-electron chi connectivity index (χ2n) is 5.94. The number of piperazine rings is 1. The summed E-state index contributed by atoms with van der Waals surface area (Å²) < 4.78 is 39.9. The van der Waals surface area contributed by atoms with Crippen molar-refractivity contribution in [3.63, 3.8) is 0 Å². The molecular weight excluding hydrogens is 349 g/mol. The van der Waals surface area contributed by atoms with Crippen LogP contribution in [0.3, 0.4) is 0 Å². The molecule has 2 amide bonds. The van der Waals surface area contributed by atoms with Crippen molar-refractivity contribution in [2.45, 2.75) is 25.2 Å². The zero-order chi connectivity index (χ0) is 18.6. The van der Waals surface area contributed by atoms with E-state index in [1.807, 2.05) is 0 Å². The molecule has 1 aliphatic heterocycles. The minimum atomic E-state index is -3.79. The van der Waals surface area contributed by atoms with Gasteiger partial charge in [-0.3, -0.25) is 9.59 Å². The third-order valence-corrected chi connectivity index (χ3v) is 5.76. The van der Waals surface area contributed by atoms with Gasteiger partial charge in [0.2, 0.25) is 21.8 Å². The molecule has 1 saturated heterocycles. The summed E-state index contributed by atoms with van der Waals surface area (Å²) in [5.74, 6) is -0.687. The fourth-order valence-corrected chi connectivity index (χ4v) is 3.97. The van der Waals surface area contributed by atoms with Crippen molar-refractivity contribution in [1.29, 1.82) is 0 Å². The lowest BCUT2D eigenvalue weighted by Crippen LogP contribution is -2.50. The van der Waals surface area contributed by atoms with Crippen LogP contribution < -0.4 is 4.72 Å². The lowest BCUT2D eigenvalue weighted by Gasteiger charge is -2.34. The van der Waals surface area contributed by atoms with E-state index in [2.05, 4.69) is 4.72 Å². The van der Waals surface area contributed by atoms with Crippen molar-refractivity contribution in [3.8, 4) is 0 Å². The number of nitrogens with one attached hydrogen (secondary N) is 1. The molecule has 1 fully saturated rings. The second kappa shape index (κ2) is 7.92. The van der Waals surface area contributed by atoms with Crippen LogP contribution in [0.2, 0.25) is 0 Å². The molecule has 25 heavy (non-hydrogen) atoms. The number of sulfonamides is 1. The monoisotopic (exact) mass is 371 g/mol. The lowest BCUT2D eigenvalue weighted by molar-refractivity contribution is -0.138. The van der Waals surface area contributed by atoms with Crippen LogP contribution in [0.15, 0.2) is 23.1 Å². The Bertz CT molecular complexity index is 759. The normalized spacial score (nSPS) is 15.3. The highest BCUT2D eigenvalue weighted by molar-refractivity contribution is 7.89. The van der Waals surface area contributed by atoms with Gasteiger partial charge < -0.3 is 9.80 Å². The predicted octanol–water partition coefficient (Wildman–Crippen LogP) is 0.493. The van der Waals surface area contributed by atoms with Gasteiger partial charge in [0.15, 0.2) is 0 Å². The average molecular weight is 371 g/mol. The summed E-state index contributed by atoms with van der Waals surface area (Å²) in [6.45, 7) is 4.83. The van der Waals surface area contributed by atoms with E-state index in [0.717, 1.165) is 12.1 Å². The molecule has 0 atom stereocenters. The van der Waals surface area contributed by atoms with Crippen LogP contribution in [0.4, 0.5) is 4.39 Å². The molecule has 0 aliphatic carbocycles. The highest BCUT2D eigenvalue weighted by Crippen LogP contribution is 2.16. The Kier molecular flexibility index (Phi) is 6.12. The van der Waals surface area contributed by atoms with Gasteiger partial charge in [-0.25, -0.2) is 17.5 Å². The van der Waals surface area contributed by atoms with E-state index in [9.17, 15) is 22.4 Å². The predicted molar refractivity (Wildman–Crippen MR) is 89.8 cm³/mol. The van der Waals surface area contributed by atoms with Crippen LogP contribution >= 0.6 is 0 Å². The highest BCUT2D eigenvalue weighted by Gasteiger charge is 2.23. The number of aryl methyl sites for hydroxylation is 1. The summed E-state index contributed by atoms with van der Waals surface area (Å²) in [5.41, 5.74) is 0.305. The summed E-state index contributed by atoms with van der Waals surface area (Å²) in [5, 5.41) is 0. The quantitative estimate of drug-likeness (QED) is 0.816. The van der Waals surface area contributed by atoms with Gasteiger partial charge in [0, 0.05) is 46.1 Å². The number of hydrogen-bond acceptors (Lipinski definition) is 4. The maximum absolute atomic E-state index is 13.1. The SMILES string of the molecule is CC(=O)N1CCN(C(=O)CCNS(=O)(=O)c2ccc(F)cc2C)CC1. The Hall–Kier alpha value is -2.00. The van der Waals surface area contributed by atoms with E-state index >= 15 is 0 Å². The van der Waals surface area contributed by atoms with Gasteiger partial charge in [0.1, 0.15) is 5.82 Å². The first kappa shape index (κ1) is 19.3. The first-order valence-corrected chi connectivity index (χ1v) is 9.48. The molecule has 0 aromatic heterocycles. The summed E-state index contributed by atoms with van der Waals surface area (Å²) in [4.78, 5) is 26.7. The Morgan fingerprint density at radius 3 is 2.32 bits per heavy atom. The van der Waals surface area contributed by atoms with Crippen LogP contribution in [-0.2, 0) is 19.6 Å². The first-order valence-electron chi connectivity index (χ1n) is 8.00. The molecule has 1 aromatic rings. The van der Waals surface area contributed by atoms with Crippen molar-refractivity contribution < 1.29 is 22.4 Å². The Labute approximate surface area is 146 Å². The molecule has 9 heteroatoms. The van der Waals surface area contributed by atoms with Crippen molar-refractivity contribution in [2.75, 3.05) is 32.7 Å². The van der Waals surface area contributed by atoms with E-state index in [1.165, 1.54) is 19.9 Å². The van der Waals surface area contributed by atoms with Crippen LogP contribution in [-0.4, -0.2) is 62.8 Å². The highest BCUT2D eigenvalue weighted by atomic mass is 32.2. The van der Waals surface area contributed by atoms with Crippen molar-refractivity contribution >= 4 is 21.8 Å². The lowest BCUT2D eigenvalue weighted by atomic mass is 10.2. The topological polar surface area (TPSA) is 86.8 Å². The maximum atomic E-state index is 13.1. The maximum Gasteiger partial charge on any atom is 0.240 e. The molecule has 0 saturated carbocycles. The van der Waals surface area contributed by atoms with Crippen LogP contribution in [0.5, 0.6) is 0 Å². The second-order valence-corrected chi connectivity index (χ2v) is 7.68. The number of carbonyl (C=O) groups is 2. The molecule has 7 nitrogen and oxygen atoms in total. The van der Waals surface area contributed by atoms with Crippen molar-refractivity contribution in [2.24, 2.45) is 0 Å². The fourth-order valence-electron chi connectivity index (χ4n) is 2.71. The van der Waals surface area contributed by atoms with E-state index in [-0.39, 0.29) is 29.7 Å². The largest absolute Gasteiger partial charge is 0.339 e. The zero-order valence-electron chi connectivity index (χ0n) is 14.3. The number of halogens is 1. The van der Waals surface area contributed by atoms with Crippen LogP contribution in [0.1, 0.15) is 18.9 Å². The Balaban J connectivity index is 1.85. The molecule has 138 valence electrons. The summed E-state index contributed by atoms with van der Waals surface area (Å²) in [7, 11) is -3.79. The summed E-state index contributed by atoms with van der Waals surface area (Å²) >= 11 is 0. The number of amides is 2. The molecule has 0 bridgehead atoms. The molecule has 1 N–H and O–H groups in total. The molecular formula is C16H22FN3O4S. The first-order chi connectivity index (χ1) is 11.7. The van der Waals surface area contributed by atoms with Gasteiger partial charge in [-0.05, 0) is 30.7 Å². The third kappa shape index (κ3) is 4.99. The van der Waals surface area contributed by atoms with Gasteiger partial charge >= 0.3 is 0 Å². The van der Waals surface area contributed by atoms with E-state index < -0.39 is 15.8 Å². The third-order valence-electron chi connectivity index (χ3n) is 4.14. The number of rotatable bonds is 5. The average Bonchev–Trinajstić information content (AvgIpc) is 2.54. The van der Waals surface area contributed by atoms with E-state index in [1.54, 1.807) is 9.80 Å². The van der Waals surface area contributed by atoms with Crippen LogP contribution in [0, 0.1) is 12.7 Å². The molecule has 0 spiro atoms. The van der Waals surface area contributed by atoms with Gasteiger partial charge in [0.05, 0.1) is 4.90 Å². The summed E-state index contributed by atoms with van der Waals surface area (Å²) in [6, 6.07) is 3.44. The molecule has 0 unspecified atom stereocenters.